The van der Waals surface area contributed by atoms with Crippen LogP contribution in [0.4, 0.5) is 4.39 Å². The Morgan fingerprint density at radius 2 is 1.96 bits per heavy atom. The smallest absolute Gasteiger partial charge is 0.271 e. The van der Waals surface area contributed by atoms with E-state index < -0.39 is 23.0 Å². The van der Waals surface area contributed by atoms with Crippen LogP contribution in [0.5, 0.6) is 5.88 Å². The lowest BCUT2D eigenvalue weighted by Gasteiger charge is -2.15. The number of unbranched alkanes of at least 4 members (excludes halogenated alkanes) is 3. The summed E-state index contributed by atoms with van der Waals surface area (Å²) in [4.78, 5) is 25.3. The van der Waals surface area contributed by atoms with Crippen molar-refractivity contribution < 1.29 is 14.3 Å². The van der Waals surface area contributed by atoms with E-state index in [1.165, 1.54) is 25.1 Å². The number of nitrogens with zero attached hydrogens (tertiary/aromatic N) is 2. The molecule has 6 heteroatoms. The van der Waals surface area contributed by atoms with Gasteiger partial charge < -0.3 is 5.11 Å². The van der Waals surface area contributed by atoms with Crippen molar-refractivity contribution in [3.63, 3.8) is 0 Å². The average Bonchev–Trinajstić information content (AvgIpc) is 2.61. The fourth-order valence-electron chi connectivity index (χ4n) is 2.91. The molecule has 0 amide bonds. The fraction of sp³-hybridized carbons (Fsp3) is 0.350. The first-order valence-electron chi connectivity index (χ1n) is 8.59. The Bertz CT molecular complexity index is 926. The van der Waals surface area contributed by atoms with Crippen molar-refractivity contribution in [2.24, 2.45) is 0 Å². The number of halogens is 1. The number of aromatic nitrogens is 1. The third kappa shape index (κ3) is 3.67. The molecule has 0 fully saturated rings. The largest absolute Gasteiger partial charge is 0.494 e. The maximum absolute atomic E-state index is 14.0. The number of aromatic hydroxyl groups is 1. The highest BCUT2D eigenvalue weighted by atomic mass is 19.1. The van der Waals surface area contributed by atoms with Gasteiger partial charge in [0.2, 0.25) is 11.7 Å². The van der Waals surface area contributed by atoms with Gasteiger partial charge in [0.15, 0.2) is 0 Å². The molecule has 0 aliphatic carbocycles. The van der Waals surface area contributed by atoms with Crippen LogP contribution in [-0.2, 0) is 6.54 Å². The summed E-state index contributed by atoms with van der Waals surface area (Å²) in [7, 11) is 0. The number of hydrogen-bond donors (Lipinski definition) is 1. The summed E-state index contributed by atoms with van der Waals surface area (Å²) >= 11 is 0. The first kappa shape index (κ1) is 19.4. The Morgan fingerprint density at radius 3 is 2.58 bits per heavy atom. The number of benzene rings is 1. The van der Waals surface area contributed by atoms with E-state index >= 15 is 0 Å². The van der Waals surface area contributed by atoms with Crippen molar-refractivity contribution in [3.05, 3.63) is 62.7 Å². The van der Waals surface area contributed by atoms with Gasteiger partial charge >= 0.3 is 0 Å². The van der Waals surface area contributed by atoms with Gasteiger partial charge in [0.1, 0.15) is 17.4 Å². The average molecular weight is 356 g/mol. The Kier molecular flexibility index (Phi) is 6.29. The van der Waals surface area contributed by atoms with E-state index in [1.54, 1.807) is 6.07 Å². The molecule has 0 saturated carbocycles. The highest BCUT2D eigenvalue weighted by Crippen LogP contribution is 2.26. The molecule has 0 aliphatic heterocycles. The van der Waals surface area contributed by atoms with Crippen LogP contribution in [0.15, 0.2) is 29.1 Å². The minimum Gasteiger partial charge on any atom is -0.494 e. The number of pyridine rings is 1. The monoisotopic (exact) mass is 356 g/mol. The Balaban J connectivity index is 2.59. The van der Waals surface area contributed by atoms with E-state index in [1.807, 2.05) is 0 Å². The molecule has 1 aromatic heterocycles. The third-order valence-corrected chi connectivity index (χ3v) is 4.38. The summed E-state index contributed by atoms with van der Waals surface area (Å²) in [5, 5.41) is 19.9. The molecular weight excluding hydrogens is 335 g/mol. The van der Waals surface area contributed by atoms with E-state index in [9.17, 15) is 24.3 Å². The van der Waals surface area contributed by atoms with Gasteiger partial charge in [-0.1, -0.05) is 38.3 Å². The predicted octanol–water partition coefficient (Wildman–Crippen LogP) is 3.68. The van der Waals surface area contributed by atoms with Gasteiger partial charge in [-0.05, 0) is 31.0 Å². The second-order valence-corrected chi connectivity index (χ2v) is 6.14. The van der Waals surface area contributed by atoms with Gasteiger partial charge in [-0.2, -0.15) is 5.26 Å². The molecule has 0 saturated heterocycles. The molecule has 1 heterocycles. The zero-order chi connectivity index (χ0) is 19.3. The summed E-state index contributed by atoms with van der Waals surface area (Å²) in [6.45, 7) is 3.65. The van der Waals surface area contributed by atoms with Crippen LogP contribution in [-0.4, -0.2) is 15.5 Å². The maximum Gasteiger partial charge on any atom is 0.271 e. The van der Waals surface area contributed by atoms with Crippen molar-refractivity contribution in [2.45, 2.75) is 46.1 Å². The van der Waals surface area contributed by atoms with E-state index in [-0.39, 0.29) is 28.8 Å². The second kappa shape index (κ2) is 8.43. The summed E-state index contributed by atoms with van der Waals surface area (Å²) < 4.78 is 15.0. The van der Waals surface area contributed by atoms with E-state index in [4.69, 9.17) is 0 Å². The van der Waals surface area contributed by atoms with Crippen molar-refractivity contribution in [2.75, 3.05) is 0 Å². The molecule has 1 N–H and O–H groups in total. The number of hydrogen-bond acceptors (Lipinski definition) is 4. The molecule has 0 aliphatic rings. The van der Waals surface area contributed by atoms with Gasteiger partial charge in [-0.3, -0.25) is 14.2 Å². The zero-order valence-corrected chi connectivity index (χ0v) is 14.9. The van der Waals surface area contributed by atoms with Crippen molar-refractivity contribution in [1.82, 2.24) is 4.57 Å². The topological polar surface area (TPSA) is 83.1 Å². The van der Waals surface area contributed by atoms with Crippen LogP contribution in [0.3, 0.4) is 0 Å². The molecule has 0 spiro atoms. The van der Waals surface area contributed by atoms with Crippen LogP contribution in [0, 0.1) is 24.1 Å². The number of rotatable bonds is 7. The highest BCUT2D eigenvalue weighted by Gasteiger charge is 2.26. The van der Waals surface area contributed by atoms with Crippen LogP contribution in [0.25, 0.3) is 0 Å². The predicted molar refractivity (Wildman–Crippen MR) is 95.8 cm³/mol. The number of nitriles is 1. The Labute approximate surface area is 151 Å². The van der Waals surface area contributed by atoms with Gasteiger partial charge in [0.05, 0.1) is 11.1 Å². The van der Waals surface area contributed by atoms with Crippen LogP contribution in [0.2, 0.25) is 0 Å². The second-order valence-electron chi connectivity index (χ2n) is 6.14. The molecular formula is C20H21FN2O3. The summed E-state index contributed by atoms with van der Waals surface area (Å²) in [5.41, 5.74) is -1.21. The van der Waals surface area contributed by atoms with E-state index in [0.29, 0.717) is 6.42 Å². The third-order valence-electron chi connectivity index (χ3n) is 4.38. The molecule has 0 atom stereocenters. The lowest BCUT2D eigenvalue weighted by molar-refractivity contribution is 0.103. The highest BCUT2D eigenvalue weighted by molar-refractivity contribution is 6.11. The van der Waals surface area contributed by atoms with E-state index in [2.05, 4.69) is 6.92 Å². The summed E-state index contributed by atoms with van der Waals surface area (Å²) in [6, 6.07) is 7.21. The molecule has 26 heavy (non-hydrogen) atoms. The SMILES string of the molecule is CCCCCCn1c(O)c(C(=O)c2ccccc2F)c(C)c(C#N)c1=O. The minimum absolute atomic E-state index is 0.0630. The molecule has 0 unspecified atom stereocenters. The maximum atomic E-state index is 14.0. The first-order valence-corrected chi connectivity index (χ1v) is 8.59. The standard InChI is InChI=1S/C20H21FN2O3/c1-3-4-5-8-11-23-19(25)15(12-22)13(2)17(20(23)26)18(24)14-9-6-7-10-16(14)21/h6-7,9-10,26H,3-5,8,11H2,1-2H3. The molecule has 0 radical (unpaired) electrons. The van der Waals surface area contributed by atoms with Crippen LogP contribution in [0.1, 0.15) is 59.7 Å². The zero-order valence-electron chi connectivity index (χ0n) is 14.9. The van der Waals surface area contributed by atoms with Gasteiger partial charge in [0, 0.05) is 6.54 Å². The van der Waals surface area contributed by atoms with Gasteiger partial charge in [-0.25, -0.2) is 4.39 Å². The molecule has 2 rings (SSSR count). The molecule has 2 aromatic rings. The normalized spacial score (nSPS) is 10.5. The number of ketones is 1. The Hall–Kier alpha value is -2.94. The van der Waals surface area contributed by atoms with E-state index in [0.717, 1.165) is 29.9 Å². The fourth-order valence-corrected chi connectivity index (χ4v) is 2.91. The number of carbonyl (C=O) groups is 1. The lowest BCUT2D eigenvalue weighted by atomic mass is 9.97. The van der Waals surface area contributed by atoms with Crippen LogP contribution < -0.4 is 5.56 Å². The minimum atomic E-state index is -0.753. The lowest BCUT2D eigenvalue weighted by Crippen LogP contribution is -2.27. The van der Waals surface area contributed by atoms with Crippen molar-refractivity contribution in [3.8, 4) is 11.9 Å². The summed E-state index contributed by atoms with van der Waals surface area (Å²) in [6.07, 6.45) is 3.47. The van der Waals surface area contributed by atoms with Crippen molar-refractivity contribution >= 4 is 5.78 Å². The van der Waals surface area contributed by atoms with Crippen molar-refractivity contribution in [1.29, 1.82) is 5.26 Å². The number of carbonyl (C=O) groups excluding carboxylic acids is 1. The molecule has 136 valence electrons. The van der Waals surface area contributed by atoms with Gasteiger partial charge in [-0.15, -0.1) is 0 Å². The van der Waals surface area contributed by atoms with Crippen LogP contribution >= 0.6 is 0 Å². The first-order chi connectivity index (χ1) is 12.4. The molecule has 0 bridgehead atoms. The molecule has 1 aromatic carbocycles. The van der Waals surface area contributed by atoms with Gasteiger partial charge in [0.25, 0.3) is 5.56 Å². The quantitative estimate of drug-likeness (QED) is 0.606. The Morgan fingerprint density at radius 1 is 1.27 bits per heavy atom. The summed E-state index contributed by atoms with van der Waals surface area (Å²) in [5.74, 6) is -2.00. The molecule has 5 nitrogen and oxygen atoms in total.